The van der Waals surface area contributed by atoms with E-state index in [1.807, 2.05) is 0 Å². The monoisotopic (exact) mass is 540 g/mol. The Kier molecular flexibility index (Phi) is 7.10. The Morgan fingerprint density at radius 3 is 1.50 bits per heavy atom. The summed E-state index contributed by atoms with van der Waals surface area (Å²) in [5, 5.41) is 0. The Hall–Kier alpha value is -4.08. The molecule has 4 rings (SSSR count). The summed E-state index contributed by atoms with van der Waals surface area (Å²) >= 11 is 0. The number of allylic oxidation sites excluding steroid dienone is 1. The fourth-order valence-electron chi connectivity index (χ4n) is 3.93. The lowest BCUT2D eigenvalue weighted by Crippen LogP contribution is -2.11. The zero-order valence-corrected chi connectivity index (χ0v) is 19.1. The lowest BCUT2D eigenvalue weighted by Gasteiger charge is -2.13. The minimum Gasteiger partial charge on any atom is -0.209 e. The second-order valence-corrected chi connectivity index (χ2v) is 8.25. The molecule has 4 aromatic carbocycles. The fraction of sp³-hybridized carbons (Fsp3) is 0.0714. The van der Waals surface area contributed by atoms with Gasteiger partial charge in [-0.05, 0) is 59.5 Å². The van der Waals surface area contributed by atoms with Crippen LogP contribution >= 0.6 is 0 Å². The Morgan fingerprint density at radius 2 is 1.03 bits per heavy atom. The molecular weight excluding hydrogens is 526 g/mol. The second kappa shape index (κ2) is 10.00. The van der Waals surface area contributed by atoms with Crippen molar-refractivity contribution in [1.82, 2.24) is 0 Å². The van der Waals surface area contributed by atoms with Crippen molar-refractivity contribution in [3.05, 3.63) is 113 Å². The second-order valence-electron chi connectivity index (χ2n) is 8.25. The topological polar surface area (TPSA) is 0 Å². The van der Waals surface area contributed by atoms with Crippen LogP contribution in [0.5, 0.6) is 0 Å². The van der Waals surface area contributed by atoms with Gasteiger partial charge in [-0.3, -0.25) is 0 Å². The molecule has 10 heteroatoms. The molecule has 0 N–H and O–H groups in total. The number of hydrogen-bond acceptors (Lipinski definition) is 0. The lowest BCUT2D eigenvalue weighted by atomic mass is 9.95. The molecule has 0 saturated carbocycles. The Labute approximate surface area is 209 Å². The quantitative estimate of drug-likeness (QED) is 0.226. The van der Waals surface area contributed by atoms with Gasteiger partial charge >= 0.3 is 6.18 Å². The van der Waals surface area contributed by atoms with Gasteiger partial charge in [-0.2, -0.15) is 13.2 Å². The van der Waals surface area contributed by atoms with Gasteiger partial charge in [0.05, 0.1) is 5.56 Å². The number of rotatable bonds is 4. The highest BCUT2D eigenvalue weighted by Crippen LogP contribution is 2.38. The van der Waals surface area contributed by atoms with E-state index >= 15 is 0 Å². The number of hydrogen-bond donors (Lipinski definition) is 0. The molecule has 0 saturated heterocycles. The largest absolute Gasteiger partial charge is 0.422 e. The van der Waals surface area contributed by atoms with Gasteiger partial charge in [-0.15, -0.1) is 0 Å². The van der Waals surface area contributed by atoms with Crippen molar-refractivity contribution in [1.29, 1.82) is 0 Å². The molecule has 0 aliphatic heterocycles. The van der Waals surface area contributed by atoms with Crippen molar-refractivity contribution < 1.29 is 43.9 Å². The summed E-state index contributed by atoms with van der Waals surface area (Å²) in [7, 11) is 0. The van der Waals surface area contributed by atoms with Gasteiger partial charge in [0.2, 0.25) is 0 Å². The zero-order chi connectivity index (χ0) is 27.9. The van der Waals surface area contributed by atoms with Crippen molar-refractivity contribution >= 4 is 5.83 Å². The molecule has 196 valence electrons. The highest BCUT2D eigenvalue weighted by molar-refractivity contribution is 5.75. The maximum Gasteiger partial charge on any atom is 0.422 e. The van der Waals surface area contributed by atoms with Crippen molar-refractivity contribution in [2.24, 2.45) is 0 Å². The third kappa shape index (κ3) is 5.16. The van der Waals surface area contributed by atoms with Crippen LogP contribution < -0.4 is 0 Å². The SMILES string of the molecule is CC(F)=C(F)c1ccc(-c2ccc(-c3cc(F)c(-c4cc(F)c(C(F)(F)F)c(F)c4)c(F)c3)c(F)c2)cc1. The molecule has 0 amide bonds. The number of alkyl halides is 3. The highest BCUT2D eigenvalue weighted by Gasteiger charge is 2.38. The van der Waals surface area contributed by atoms with Gasteiger partial charge in [0, 0.05) is 11.1 Å². The van der Waals surface area contributed by atoms with E-state index in [1.54, 1.807) is 0 Å². The van der Waals surface area contributed by atoms with Crippen LogP contribution in [0.2, 0.25) is 0 Å². The van der Waals surface area contributed by atoms with Crippen LogP contribution in [0.25, 0.3) is 39.2 Å². The summed E-state index contributed by atoms with van der Waals surface area (Å²) in [6.07, 6.45) is -5.36. The first kappa shape index (κ1) is 27.0. The molecule has 0 unspecified atom stereocenters. The van der Waals surface area contributed by atoms with E-state index < -0.39 is 63.6 Å². The number of benzene rings is 4. The van der Waals surface area contributed by atoms with Gasteiger partial charge in [0.1, 0.15) is 40.5 Å². The van der Waals surface area contributed by atoms with Crippen molar-refractivity contribution in [2.45, 2.75) is 13.1 Å². The van der Waals surface area contributed by atoms with E-state index in [1.165, 1.54) is 36.4 Å². The third-order valence-corrected chi connectivity index (χ3v) is 5.71. The molecule has 0 fully saturated rings. The molecule has 4 aromatic rings. The van der Waals surface area contributed by atoms with E-state index in [4.69, 9.17) is 0 Å². The standard InChI is InChI=1S/C28H14F10/c1-13(29)27(35)15-4-2-14(3-5-15)16-6-7-19(20(30)8-16)17-9-21(31)25(22(32)10-17)18-11-23(33)26(24(34)12-18)28(36,37)38/h2-12H,1H3. The molecule has 0 heterocycles. The summed E-state index contributed by atoms with van der Waals surface area (Å²) in [6, 6.07) is 10.7. The van der Waals surface area contributed by atoms with Gasteiger partial charge in [0.15, 0.2) is 5.83 Å². The third-order valence-electron chi connectivity index (χ3n) is 5.71. The summed E-state index contributed by atoms with van der Waals surface area (Å²) in [4.78, 5) is 0. The lowest BCUT2D eigenvalue weighted by molar-refractivity contribution is -0.142. The van der Waals surface area contributed by atoms with Crippen LogP contribution in [-0.2, 0) is 6.18 Å². The first-order valence-corrected chi connectivity index (χ1v) is 10.8. The molecule has 0 aliphatic rings. The van der Waals surface area contributed by atoms with E-state index in [9.17, 15) is 43.9 Å². The first-order chi connectivity index (χ1) is 17.8. The number of halogens is 10. The molecule has 0 spiro atoms. The predicted octanol–water partition coefficient (Wildman–Crippen LogP) is 10.0. The van der Waals surface area contributed by atoms with Crippen LogP contribution in [0.15, 0.2) is 72.6 Å². The van der Waals surface area contributed by atoms with Gasteiger partial charge in [0.25, 0.3) is 0 Å². The average molecular weight is 540 g/mol. The van der Waals surface area contributed by atoms with Crippen molar-refractivity contribution in [3.8, 4) is 33.4 Å². The Morgan fingerprint density at radius 1 is 0.553 bits per heavy atom. The molecular formula is C28H14F10. The molecule has 0 aliphatic carbocycles. The van der Waals surface area contributed by atoms with Crippen LogP contribution in [0.4, 0.5) is 43.9 Å². The molecule has 0 radical (unpaired) electrons. The van der Waals surface area contributed by atoms with Crippen LogP contribution in [-0.4, -0.2) is 0 Å². The summed E-state index contributed by atoms with van der Waals surface area (Å²) in [5.41, 5.74) is -3.83. The smallest absolute Gasteiger partial charge is 0.209 e. The minimum absolute atomic E-state index is 0.0234. The molecule has 0 nitrogen and oxygen atoms in total. The maximum absolute atomic E-state index is 14.9. The summed E-state index contributed by atoms with van der Waals surface area (Å²) in [5.74, 6) is -9.85. The zero-order valence-electron chi connectivity index (χ0n) is 19.1. The van der Waals surface area contributed by atoms with Crippen LogP contribution in [0, 0.1) is 29.1 Å². The van der Waals surface area contributed by atoms with Crippen molar-refractivity contribution in [3.63, 3.8) is 0 Å². The highest BCUT2D eigenvalue weighted by atomic mass is 19.4. The van der Waals surface area contributed by atoms with E-state index in [2.05, 4.69) is 0 Å². The van der Waals surface area contributed by atoms with E-state index in [-0.39, 0.29) is 28.8 Å². The van der Waals surface area contributed by atoms with Gasteiger partial charge < -0.3 is 0 Å². The van der Waals surface area contributed by atoms with Crippen LogP contribution in [0.1, 0.15) is 18.1 Å². The summed E-state index contributed by atoms with van der Waals surface area (Å²) < 4.78 is 138. The molecule has 38 heavy (non-hydrogen) atoms. The summed E-state index contributed by atoms with van der Waals surface area (Å²) in [6.45, 7) is 0.954. The van der Waals surface area contributed by atoms with Crippen LogP contribution in [0.3, 0.4) is 0 Å². The Bertz CT molecular complexity index is 1510. The average Bonchev–Trinajstić information content (AvgIpc) is 2.81. The van der Waals surface area contributed by atoms with Gasteiger partial charge in [-0.1, -0.05) is 36.4 Å². The Balaban J connectivity index is 1.69. The van der Waals surface area contributed by atoms with E-state index in [0.29, 0.717) is 23.3 Å². The first-order valence-electron chi connectivity index (χ1n) is 10.8. The van der Waals surface area contributed by atoms with Crippen molar-refractivity contribution in [2.75, 3.05) is 0 Å². The van der Waals surface area contributed by atoms with E-state index in [0.717, 1.165) is 13.0 Å². The molecule has 0 atom stereocenters. The fourth-order valence-corrected chi connectivity index (χ4v) is 3.93. The molecule has 0 aromatic heterocycles. The molecule has 0 bridgehead atoms. The predicted molar refractivity (Wildman–Crippen MR) is 122 cm³/mol. The minimum atomic E-state index is -5.36. The van der Waals surface area contributed by atoms with Gasteiger partial charge in [-0.25, -0.2) is 30.7 Å². The maximum atomic E-state index is 14.9. The normalized spacial score (nSPS) is 12.5.